The number of fused-ring (bicyclic) bond motifs is 6. The minimum atomic E-state index is 0.907. The fourth-order valence-electron chi connectivity index (χ4n) is 7.75. The van der Waals surface area contributed by atoms with Gasteiger partial charge in [0, 0.05) is 33.4 Å². The van der Waals surface area contributed by atoms with E-state index in [1.54, 1.807) is 0 Å². The van der Waals surface area contributed by atoms with E-state index in [1.165, 1.54) is 43.8 Å². The zero-order chi connectivity index (χ0) is 34.4. The van der Waals surface area contributed by atoms with E-state index in [0.717, 1.165) is 50.1 Å². The summed E-state index contributed by atoms with van der Waals surface area (Å²) in [6.07, 6.45) is 0. The molecular weight excluding hydrogens is 631 g/mol. The van der Waals surface area contributed by atoms with E-state index in [9.17, 15) is 0 Å². The number of hydrogen-bond acceptors (Lipinski definition) is 2. The molecule has 0 aliphatic heterocycles. The van der Waals surface area contributed by atoms with Crippen molar-refractivity contribution in [3.8, 4) is 33.4 Å². The fraction of sp³-hybridized carbons (Fsp3) is 0. The van der Waals surface area contributed by atoms with Crippen LogP contribution in [0.15, 0.2) is 205 Å². The standard InChI is InChI=1S/C50H33NO/c1-2-13-39(14-3-1)51(41-15-8-12-38(33-41)44-19-10-21-48-47-17-6-7-22-49(47)52-50(44)48)40-30-27-35(28-31-40)34-23-25-37(26-24-34)43-18-9-20-45-42-16-5-4-11-36(42)29-32-46(43)45/h1-33H. The van der Waals surface area contributed by atoms with Gasteiger partial charge in [-0.15, -0.1) is 0 Å². The summed E-state index contributed by atoms with van der Waals surface area (Å²) in [5, 5.41) is 7.39. The average Bonchev–Trinajstić information content (AvgIpc) is 3.61. The molecule has 0 saturated carbocycles. The molecule has 1 heterocycles. The van der Waals surface area contributed by atoms with Crippen molar-refractivity contribution in [1.29, 1.82) is 0 Å². The molecule has 244 valence electrons. The van der Waals surface area contributed by atoms with E-state index in [-0.39, 0.29) is 0 Å². The van der Waals surface area contributed by atoms with Gasteiger partial charge in [-0.25, -0.2) is 0 Å². The molecule has 9 aromatic carbocycles. The van der Waals surface area contributed by atoms with Crippen molar-refractivity contribution in [2.45, 2.75) is 0 Å². The molecule has 0 N–H and O–H groups in total. The Morgan fingerprint density at radius 3 is 1.73 bits per heavy atom. The zero-order valence-corrected chi connectivity index (χ0v) is 28.4. The van der Waals surface area contributed by atoms with Crippen LogP contribution in [0, 0.1) is 0 Å². The molecule has 10 aromatic rings. The smallest absolute Gasteiger partial charge is 0.143 e. The van der Waals surface area contributed by atoms with Crippen molar-refractivity contribution in [3.05, 3.63) is 200 Å². The Morgan fingerprint density at radius 1 is 0.308 bits per heavy atom. The Kier molecular flexibility index (Phi) is 7.18. The Hall–Kier alpha value is -6.90. The molecule has 0 saturated heterocycles. The van der Waals surface area contributed by atoms with E-state index < -0.39 is 0 Å². The molecule has 0 unspecified atom stereocenters. The van der Waals surface area contributed by atoms with E-state index >= 15 is 0 Å². The summed E-state index contributed by atoms with van der Waals surface area (Å²) in [5.74, 6) is 0. The van der Waals surface area contributed by atoms with Crippen LogP contribution in [0.1, 0.15) is 0 Å². The second kappa shape index (κ2) is 12.5. The van der Waals surface area contributed by atoms with E-state index in [4.69, 9.17) is 4.42 Å². The first-order valence-electron chi connectivity index (χ1n) is 17.8. The molecule has 2 heteroatoms. The van der Waals surface area contributed by atoms with Crippen LogP contribution in [-0.4, -0.2) is 0 Å². The highest BCUT2D eigenvalue weighted by Gasteiger charge is 2.16. The molecule has 0 aliphatic rings. The fourth-order valence-corrected chi connectivity index (χ4v) is 7.75. The average molecular weight is 664 g/mol. The van der Waals surface area contributed by atoms with Gasteiger partial charge in [0.15, 0.2) is 0 Å². The molecule has 0 amide bonds. The van der Waals surface area contributed by atoms with E-state index in [2.05, 4.69) is 193 Å². The van der Waals surface area contributed by atoms with Gasteiger partial charge in [0.2, 0.25) is 0 Å². The number of nitrogens with zero attached hydrogens (tertiary/aromatic N) is 1. The molecule has 0 radical (unpaired) electrons. The lowest BCUT2D eigenvalue weighted by atomic mass is 9.93. The molecule has 1 aromatic heterocycles. The third kappa shape index (κ3) is 5.12. The lowest BCUT2D eigenvalue weighted by Crippen LogP contribution is -2.09. The van der Waals surface area contributed by atoms with Crippen LogP contribution >= 0.6 is 0 Å². The summed E-state index contributed by atoms with van der Waals surface area (Å²) in [4.78, 5) is 2.32. The summed E-state index contributed by atoms with van der Waals surface area (Å²) < 4.78 is 6.42. The summed E-state index contributed by atoms with van der Waals surface area (Å²) >= 11 is 0. The summed E-state index contributed by atoms with van der Waals surface area (Å²) in [6, 6.07) is 71.6. The van der Waals surface area contributed by atoms with Crippen LogP contribution in [0.2, 0.25) is 0 Å². The third-order valence-corrected chi connectivity index (χ3v) is 10.3. The maximum atomic E-state index is 6.42. The van der Waals surface area contributed by atoms with Crippen molar-refractivity contribution in [2.24, 2.45) is 0 Å². The quantitative estimate of drug-likeness (QED) is 0.165. The maximum Gasteiger partial charge on any atom is 0.143 e. The van der Waals surface area contributed by atoms with Gasteiger partial charge in [-0.2, -0.15) is 0 Å². The Balaban J connectivity index is 0.994. The summed E-state index contributed by atoms with van der Waals surface area (Å²) in [7, 11) is 0. The van der Waals surface area contributed by atoms with Crippen molar-refractivity contribution in [2.75, 3.05) is 4.90 Å². The van der Waals surface area contributed by atoms with Gasteiger partial charge in [0.1, 0.15) is 11.2 Å². The molecule has 0 bridgehead atoms. The van der Waals surface area contributed by atoms with Gasteiger partial charge in [-0.3, -0.25) is 0 Å². The van der Waals surface area contributed by atoms with Crippen molar-refractivity contribution >= 4 is 60.5 Å². The molecule has 0 atom stereocenters. The Labute approximate surface area is 302 Å². The summed E-state index contributed by atoms with van der Waals surface area (Å²) in [5.41, 5.74) is 12.1. The van der Waals surface area contributed by atoms with Gasteiger partial charge in [-0.05, 0) is 91.8 Å². The zero-order valence-electron chi connectivity index (χ0n) is 28.4. The minimum Gasteiger partial charge on any atom is -0.455 e. The lowest BCUT2D eigenvalue weighted by molar-refractivity contribution is 0.670. The minimum absolute atomic E-state index is 0.907. The van der Waals surface area contributed by atoms with Crippen LogP contribution in [0.3, 0.4) is 0 Å². The molecular formula is C50H33NO. The maximum absolute atomic E-state index is 6.42. The number of rotatable bonds is 6. The highest BCUT2D eigenvalue weighted by Crippen LogP contribution is 2.41. The van der Waals surface area contributed by atoms with E-state index in [1.807, 2.05) is 12.1 Å². The van der Waals surface area contributed by atoms with Gasteiger partial charge in [0.05, 0.1) is 0 Å². The normalized spacial score (nSPS) is 11.5. The SMILES string of the molecule is c1ccc(N(c2ccc(-c3ccc(-c4cccc5c4ccc4ccccc45)cc3)cc2)c2cccc(-c3cccc4c3oc3ccccc34)c2)cc1. The monoisotopic (exact) mass is 663 g/mol. The molecule has 0 aliphatic carbocycles. The Bertz CT molecular complexity index is 2890. The van der Waals surface area contributed by atoms with Crippen LogP contribution in [0.25, 0.3) is 76.9 Å². The second-order valence-corrected chi connectivity index (χ2v) is 13.3. The van der Waals surface area contributed by atoms with Crippen molar-refractivity contribution < 1.29 is 4.42 Å². The Morgan fingerprint density at radius 2 is 0.904 bits per heavy atom. The van der Waals surface area contributed by atoms with Crippen molar-refractivity contribution in [3.63, 3.8) is 0 Å². The molecule has 0 spiro atoms. The largest absolute Gasteiger partial charge is 0.455 e. The lowest BCUT2D eigenvalue weighted by Gasteiger charge is -2.26. The highest BCUT2D eigenvalue weighted by atomic mass is 16.3. The van der Waals surface area contributed by atoms with Gasteiger partial charge < -0.3 is 9.32 Å². The number of anilines is 3. The van der Waals surface area contributed by atoms with Crippen LogP contribution in [0.4, 0.5) is 17.1 Å². The third-order valence-electron chi connectivity index (χ3n) is 10.3. The first-order valence-corrected chi connectivity index (χ1v) is 17.8. The molecule has 0 fully saturated rings. The van der Waals surface area contributed by atoms with Gasteiger partial charge in [0.25, 0.3) is 0 Å². The van der Waals surface area contributed by atoms with Crippen LogP contribution < -0.4 is 4.90 Å². The molecule has 10 rings (SSSR count). The predicted octanol–water partition coefficient (Wildman–Crippen LogP) is 14.4. The number of furan rings is 1. The van der Waals surface area contributed by atoms with Crippen LogP contribution in [-0.2, 0) is 0 Å². The summed E-state index contributed by atoms with van der Waals surface area (Å²) in [6.45, 7) is 0. The first kappa shape index (κ1) is 30.0. The number of para-hydroxylation sites is 3. The predicted molar refractivity (Wildman–Crippen MR) is 220 cm³/mol. The van der Waals surface area contributed by atoms with Gasteiger partial charge >= 0.3 is 0 Å². The second-order valence-electron chi connectivity index (χ2n) is 13.3. The molecule has 52 heavy (non-hydrogen) atoms. The van der Waals surface area contributed by atoms with Gasteiger partial charge in [-0.1, -0.05) is 158 Å². The van der Waals surface area contributed by atoms with Crippen molar-refractivity contribution in [1.82, 2.24) is 0 Å². The number of hydrogen-bond donors (Lipinski definition) is 0. The van der Waals surface area contributed by atoms with Crippen LogP contribution in [0.5, 0.6) is 0 Å². The topological polar surface area (TPSA) is 16.4 Å². The molecule has 2 nitrogen and oxygen atoms in total. The number of benzene rings is 9. The first-order chi connectivity index (χ1) is 25.8. The van der Waals surface area contributed by atoms with E-state index in [0.29, 0.717) is 0 Å². The highest BCUT2D eigenvalue weighted by molar-refractivity contribution is 6.12.